The Labute approximate surface area is 130 Å². The van der Waals surface area contributed by atoms with Gasteiger partial charge < -0.3 is 15.3 Å². The van der Waals surface area contributed by atoms with Gasteiger partial charge in [0.1, 0.15) is 5.69 Å². The molecule has 0 saturated heterocycles. The van der Waals surface area contributed by atoms with E-state index < -0.39 is 18.3 Å². The monoisotopic (exact) mass is 325 g/mol. The lowest BCUT2D eigenvalue weighted by molar-refractivity contribution is -0.137. The lowest BCUT2D eigenvalue weighted by Crippen LogP contribution is -2.13. The fourth-order valence-electron chi connectivity index (χ4n) is 1.96. The first-order valence-electron chi connectivity index (χ1n) is 6.60. The van der Waals surface area contributed by atoms with Crippen LogP contribution in [0.3, 0.4) is 0 Å². The molecule has 0 bridgehead atoms. The molecule has 2 N–H and O–H groups in total. The van der Waals surface area contributed by atoms with Crippen molar-refractivity contribution in [2.75, 3.05) is 13.7 Å². The Morgan fingerprint density at radius 1 is 1.26 bits per heavy atom. The van der Waals surface area contributed by atoms with E-state index in [1.165, 1.54) is 25.4 Å². The van der Waals surface area contributed by atoms with E-state index in [0.29, 0.717) is 11.3 Å². The Kier molecular flexibility index (Phi) is 4.95. The summed E-state index contributed by atoms with van der Waals surface area (Å²) in [6, 6.07) is 4.66. The molecule has 0 aliphatic rings. The van der Waals surface area contributed by atoms with Gasteiger partial charge in [0.2, 0.25) is 5.88 Å². The maximum absolute atomic E-state index is 12.6. The standard InChI is InChI=1S/C15H14F3N3O2/c1-23-13-7-20-14(11(19)8-22)12(21-13)6-9-2-4-10(5-3-9)15(16,17)18/h2-5,7,19,22H,6,8H2,1H3. The summed E-state index contributed by atoms with van der Waals surface area (Å²) in [6.45, 7) is -0.513. The SMILES string of the molecule is COc1cnc(C(=N)CO)c(Cc2ccc(C(F)(F)F)cc2)n1. The third-order valence-corrected chi connectivity index (χ3v) is 3.13. The molecule has 122 valence electrons. The zero-order valence-electron chi connectivity index (χ0n) is 12.2. The Hall–Kier alpha value is -2.48. The Bertz CT molecular complexity index is 700. The van der Waals surface area contributed by atoms with Crippen molar-refractivity contribution in [1.29, 1.82) is 5.41 Å². The number of rotatable bonds is 5. The highest BCUT2D eigenvalue weighted by Crippen LogP contribution is 2.29. The van der Waals surface area contributed by atoms with Crippen molar-refractivity contribution in [3.63, 3.8) is 0 Å². The molecule has 0 saturated carbocycles. The Balaban J connectivity index is 2.33. The minimum Gasteiger partial charge on any atom is -0.480 e. The normalized spacial score (nSPS) is 11.3. The highest BCUT2D eigenvalue weighted by atomic mass is 19.4. The Morgan fingerprint density at radius 2 is 1.91 bits per heavy atom. The van der Waals surface area contributed by atoms with E-state index in [4.69, 9.17) is 15.3 Å². The maximum atomic E-state index is 12.6. The summed E-state index contributed by atoms with van der Waals surface area (Å²) in [5, 5.41) is 16.8. The van der Waals surface area contributed by atoms with Crippen molar-refractivity contribution in [1.82, 2.24) is 9.97 Å². The molecule has 0 fully saturated rings. The molecule has 2 rings (SSSR count). The molecule has 0 aliphatic heterocycles. The third-order valence-electron chi connectivity index (χ3n) is 3.13. The zero-order valence-corrected chi connectivity index (χ0v) is 12.2. The summed E-state index contributed by atoms with van der Waals surface area (Å²) in [7, 11) is 1.41. The summed E-state index contributed by atoms with van der Waals surface area (Å²) in [5.74, 6) is 0.224. The van der Waals surface area contributed by atoms with Gasteiger partial charge in [0.15, 0.2) is 0 Å². The van der Waals surface area contributed by atoms with Crippen LogP contribution in [0.4, 0.5) is 13.2 Å². The van der Waals surface area contributed by atoms with Crippen LogP contribution in [0.2, 0.25) is 0 Å². The summed E-state index contributed by atoms with van der Waals surface area (Å²) in [4.78, 5) is 8.19. The van der Waals surface area contributed by atoms with Gasteiger partial charge >= 0.3 is 6.18 Å². The molecular formula is C15H14F3N3O2. The molecule has 1 aromatic carbocycles. The van der Waals surface area contributed by atoms with E-state index in [9.17, 15) is 13.2 Å². The lowest BCUT2D eigenvalue weighted by atomic mass is 10.0. The molecule has 23 heavy (non-hydrogen) atoms. The van der Waals surface area contributed by atoms with Gasteiger partial charge in [0.25, 0.3) is 0 Å². The van der Waals surface area contributed by atoms with Crippen molar-refractivity contribution >= 4 is 5.71 Å². The van der Waals surface area contributed by atoms with Crippen molar-refractivity contribution < 1.29 is 23.0 Å². The number of aromatic nitrogens is 2. The molecule has 1 aromatic heterocycles. The van der Waals surface area contributed by atoms with Crippen LogP contribution < -0.4 is 4.74 Å². The summed E-state index contributed by atoms with van der Waals surface area (Å²) >= 11 is 0. The average molecular weight is 325 g/mol. The second-order valence-corrected chi connectivity index (χ2v) is 4.72. The molecule has 0 atom stereocenters. The quantitative estimate of drug-likeness (QED) is 0.828. The van der Waals surface area contributed by atoms with Gasteiger partial charge in [-0.2, -0.15) is 13.2 Å². The first-order chi connectivity index (χ1) is 10.8. The van der Waals surface area contributed by atoms with E-state index in [1.807, 2.05) is 0 Å². The number of hydrogen-bond acceptors (Lipinski definition) is 5. The Morgan fingerprint density at radius 3 is 2.43 bits per heavy atom. The fourth-order valence-corrected chi connectivity index (χ4v) is 1.96. The van der Waals surface area contributed by atoms with Gasteiger partial charge in [-0.25, -0.2) is 9.97 Å². The van der Waals surface area contributed by atoms with Gasteiger partial charge in [-0.3, -0.25) is 0 Å². The molecule has 0 spiro atoms. The van der Waals surface area contributed by atoms with Gasteiger partial charge in [0, 0.05) is 6.42 Å². The number of ether oxygens (including phenoxy) is 1. The lowest BCUT2D eigenvalue weighted by Gasteiger charge is -2.11. The zero-order chi connectivity index (χ0) is 17.0. The molecule has 2 aromatic rings. The van der Waals surface area contributed by atoms with E-state index in [0.717, 1.165) is 12.1 Å². The first-order valence-corrected chi connectivity index (χ1v) is 6.60. The number of benzene rings is 1. The van der Waals surface area contributed by atoms with E-state index >= 15 is 0 Å². The minimum absolute atomic E-state index is 0.123. The fraction of sp³-hybridized carbons (Fsp3) is 0.267. The topological polar surface area (TPSA) is 79.1 Å². The molecule has 0 amide bonds. The second-order valence-electron chi connectivity index (χ2n) is 4.72. The average Bonchev–Trinajstić information content (AvgIpc) is 2.53. The molecule has 5 nitrogen and oxygen atoms in total. The van der Waals surface area contributed by atoms with Crippen LogP contribution in [0, 0.1) is 5.41 Å². The predicted octanol–water partition coefficient (Wildman–Crippen LogP) is 2.45. The van der Waals surface area contributed by atoms with Crippen molar-refractivity contribution in [3.8, 4) is 5.88 Å². The summed E-state index contributed by atoms with van der Waals surface area (Å²) in [6.07, 6.45) is -2.91. The van der Waals surface area contributed by atoms with Crippen LogP contribution in [0.25, 0.3) is 0 Å². The summed E-state index contributed by atoms with van der Waals surface area (Å²) in [5.41, 5.74) is 0.257. The number of nitrogens with zero attached hydrogens (tertiary/aromatic N) is 2. The number of alkyl halides is 3. The molecular weight excluding hydrogens is 311 g/mol. The number of methoxy groups -OCH3 is 1. The minimum atomic E-state index is -4.39. The van der Waals surface area contributed by atoms with Crippen molar-refractivity contribution in [2.45, 2.75) is 12.6 Å². The van der Waals surface area contributed by atoms with E-state index in [1.54, 1.807) is 0 Å². The number of aliphatic hydroxyl groups excluding tert-OH is 1. The van der Waals surface area contributed by atoms with Crippen molar-refractivity contribution in [3.05, 3.63) is 53.0 Å². The van der Waals surface area contributed by atoms with E-state index in [-0.39, 0.29) is 23.7 Å². The predicted molar refractivity (Wildman–Crippen MR) is 76.7 cm³/mol. The molecule has 8 heteroatoms. The highest BCUT2D eigenvalue weighted by Gasteiger charge is 2.30. The number of nitrogens with one attached hydrogen (secondary N) is 1. The largest absolute Gasteiger partial charge is 0.480 e. The van der Waals surface area contributed by atoms with Gasteiger partial charge in [0.05, 0.1) is 36.9 Å². The molecule has 1 heterocycles. The van der Waals surface area contributed by atoms with Gasteiger partial charge in [-0.15, -0.1) is 0 Å². The molecule has 0 aliphatic carbocycles. The molecule has 0 radical (unpaired) electrons. The van der Waals surface area contributed by atoms with Crippen LogP contribution in [0.5, 0.6) is 5.88 Å². The van der Waals surface area contributed by atoms with Gasteiger partial charge in [-0.05, 0) is 17.7 Å². The third kappa shape index (κ3) is 4.04. The summed E-state index contributed by atoms with van der Waals surface area (Å²) < 4.78 is 42.7. The van der Waals surface area contributed by atoms with Gasteiger partial charge in [-0.1, -0.05) is 12.1 Å². The second kappa shape index (κ2) is 6.74. The van der Waals surface area contributed by atoms with Crippen LogP contribution in [0.1, 0.15) is 22.5 Å². The van der Waals surface area contributed by atoms with Crippen molar-refractivity contribution in [2.24, 2.45) is 0 Å². The number of halogens is 3. The number of hydrogen-bond donors (Lipinski definition) is 2. The first kappa shape index (κ1) is 16.9. The smallest absolute Gasteiger partial charge is 0.416 e. The van der Waals surface area contributed by atoms with Crippen LogP contribution in [-0.4, -0.2) is 34.5 Å². The number of aliphatic hydroxyl groups is 1. The molecule has 0 unspecified atom stereocenters. The highest BCUT2D eigenvalue weighted by molar-refractivity contribution is 5.98. The van der Waals surface area contributed by atoms with Crippen LogP contribution in [-0.2, 0) is 12.6 Å². The van der Waals surface area contributed by atoms with Crippen LogP contribution in [0.15, 0.2) is 30.5 Å². The van der Waals surface area contributed by atoms with Crippen LogP contribution >= 0.6 is 0 Å². The van der Waals surface area contributed by atoms with E-state index in [2.05, 4.69) is 9.97 Å². The maximum Gasteiger partial charge on any atom is 0.416 e.